The summed E-state index contributed by atoms with van der Waals surface area (Å²) in [6, 6.07) is 13.7. The van der Waals surface area contributed by atoms with Crippen molar-refractivity contribution in [3.8, 4) is 22.8 Å². The largest absolute Gasteiger partial charge is 0.445 e. The van der Waals surface area contributed by atoms with E-state index < -0.39 is 11.7 Å². The number of hydrogen-bond acceptors (Lipinski definition) is 6. The van der Waals surface area contributed by atoms with Gasteiger partial charge in [0.2, 0.25) is 5.89 Å². The molecule has 6 rings (SSSR count). The molecule has 6 nitrogen and oxygen atoms in total. The molecule has 0 amide bonds. The van der Waals surface area contributed by atoms with Gasteiger partial charge in [-0.2, -0.15) is 13.2 Å². The molecule has 198 valence electrons. The van der Waals surface area contributed by atoms with Crippen molar-refractivity contribution in [3.05, 3.63) is 72.1 Å². The van der Waals surface area contributed by atoms with Crippen molar-refractivity contribution in [2.45, 2.75) is 36.5 Å². The van der Waals surface area contributed by atoms with Crippen molar-refractivity contribution in [3.63, 3.8) is 0 Å². The van der Waals surface area contributed by atoms with Crippen LogP contribution in [0.3, 0.4) is 0 Å². The summed E-state index contributed by atoms with van der Waals surface area (Å²) >= 11 is 1.71. The fourth-order valence-electron chi connectivity index (χ4n) is 5.62. The summed E-state index contributed by atoms with van der Waals surface area (Å²) in [7, 11) is 1.98. The fraction of sp³-hybridized carbons (Fsp3) is 0.393. The van der Waals surface area contributed by atoms with Crippen LogP contribution in [0.2, 0.25) is 0 Å². The van der Waals surface area contributed by atoms with E-state index in [1.165, 1.54) is 12.1 Å². The lowest BCUT2D eigenvalue weighted by Gasteiger charge is -2.16. The molecular formula is C28H28F3N5OS. The Morgan fingerprint density at radius 2 is 1.82 bits per heavy atom. The Hall–Kier alpha value is -3.11. The minimum absolute atomic E-state index is 0.244. The van der Waals surface area contributed by atoms with Gasteiger partial charge in [0.25, 0.3) is 0 Å². The van der Waals surface area contributed by atoms with Crippen LogP contribution in [0.4, 0.5) is 13.2 Å². The van der Waals surface area contributed by atoms with Gasteiger partial charge in [-0.3, -0.25) is 0 Å². The van der Waals surface area contributed by atoms with Crippen molar-refractivity contribution in [2.75, 3.05) is 25.4 Å². The van der Waals surface area contributed by atoms with Crippen LogP contribution in [0, 0.1) is 5.41 Å². The Bertz CT molecular complexity index is 1390. The number of halogens is 3. The number of alkyl halides is 3. The molecule has 1 aliphatic carbocycles. The number of hydrogen-bond donors (Lipinski definition) is 0. The van der Waals surface area contributed by atoms with Gasteiger partial charge in [0.1, 0.15) is 6.26 Å². The standard InChI is InChI=1S/C28H28F3N5OS/c1-35-24(20-3-5-21(6-4-20)25-32-12-15-37-25)33-34-26(35)38-16-2-13-36-14-11-27(18-36)17-23(27)19-7-9-22(10-8-19)28(29,30)31/h3-10,12,15,23H,2,11,13-14,16-18H2,1H3. The summed E-state index contributed by atoms with van der Waals surface area (Å²) in [5, 5.41) is 9.68. The Labute approximate surface area is 223 Å². The van der Waals surface area contributed by atoms with E-state index in [1.54, 1.807) is 36.4 Å². The quantitative estimate of drug-likeness (QED) is 0.188. The number of likely N-dealkylation sites (tertiary alicyclic amines) is 1. The Balaban J connectivity index is 0.976. The van der Waals surface area contributed by atoms with Gasteiger partial charge in [-0.15, -0.1) is 10.2 Å². The second-order valence-corrected chi connectivity index (χ2v) is 11.3. The third-order valence-electron chi connectivity index (χ3n) is 7.80. The summed E-state index contributed by atoms with van der Waals surface area (Å²) in [4.78, 5) is 6.68. The molecule has 4 aromatic rings. The highest BCUT2D eigenvalue weighted by Crippen LogP contribution is 2.64. The fourth-order valence-corrected chi connectivity index (χ4v) is 6.46. The normalized spacial score (nSPS) is 21.4. The molecule has 38 heavy (non-hydrogen) atoms. The van der Waals surface area contributed by atoms with Crippen molar-refractivity contribution in [1.29, 1.82) is 0 Å². The monoisotopic (exact) mass is 539 g/mol. The summed E-state index contributed by atoms with van der Waals surface area (Å²) in [6.07, 6.45) is 2.14. The first-order valence-corrected chi connectivity index (χ1v) is 13.7. The highest BCUT2D eigenvalue weighted by Gasteiger charge is 2.57. The van der Waals surface area contributed by atoms with Crippen LogP contribution >= 0.6 is 11.8 Å². The summed E-state index contributed by atoms with van der Waals surface area (Å²) in [5.41, 5.74) is 2.61. The highest BCUT2D eigenvalue weighted by atomic mass is 32.2. The minimum Gasteiger partial charge on any atom is -0.445 e. The molecule has 0 bridgehead atoms. The van der Waals surface area contributed by atoms with E-state index >= 15 is 0 Å². The average molecular weight is 540 g/mol. The van der Waals surface area contributed by atoms with Gasteiger partial charge in [-0.05, 0) is 73.5 Å². The lowest BCUT2D eigenvalue weighted by molar-refractivity contribution is -0.137. The Kier molecular flexibility index (Phi) is 6.55. The number of benzene rings is 2. The van der Waals surface area contributed by atoms with E-state index in [0.29, 0.717) is 11.8 Å². The van der Waals surface area contributed by atoms with Gasteiger partial charge >= 0.3 is 6.18 Å². The second-order valence-electron chi connectivity index (χ2n) is 10.2. The van der Waals surface area contributed by atoms with Crippen molar-refractivity contribution in [1.82, 2.24) is 24.6 Å². The average Bonchev–Trinajstić information content (AvgIpc) is 3.29. The Morgan fingerprint density at radius 1 is 1.05 bits per heavy atom. The first-order chi connectivity index (χ1) is 18.3. The first kappa shape index (κ1) is 25.2. The maximum Gasteiger partial charge on any atom is 0.416 e. The molecule has 2 unspecified atom stereocenters. The second kappa shape index (κ2) is 9.89. The molecule has 2 aromatic carbocycles. The van der Waals surface area contributed by atoms with E-state index in [2.05, 4.69) is 20.1 Å². The lowest BCUT2D eigenvalue weighted by Crippen LogP contribution is -2.23. The van der Waals surface area contributed by atoms with E-state index in [9.17, 15) is 13.2 Å². The molecule has 2 fully saturated rings. The molecule has 10 heteroatoms. The molecule has 0 N–H and O–H groups in total. The molecule has 1 spiro atoms. The van der Waals surface area contributed by atoms with Crippen LogP contribution in [0.25, 0.3) is 22.8 Å². The predicted molar refractivity (Wildman–Crippen MR) is 140 cm³/mol. The number of aromatic nitrogens is 4. The van der Waals surface area contributed by atoms with E-state index in [0.717, 1.165) is 72.3 Å². The summed E-state index contributed by atoms with van der Waals surface area (Å²) < 4.78 is 46.0. The van der Waals surface area contributed by atoms with Crippen LogP contribution in [0.1, 0.15) is 36.3 Å². The van der Waals surface area contributed by atoms with Gasteiger partial charge in [-0.1, -0.05) is 36.0 Å². The van der Waals surface area contributed by atoms with Gasteiger partial charge < -0.3 is 13.9 Å². The lowest BCUT2D eigenvalue weighted by atomic mass is 9.97. The van der Waals surface area contributed by atoms with Crippen LogP contribution < -0.4 is 0 Å². The van der Waals surface area contributed by atoms with Crippen molar-refractivity contribution < 1.29 is 17.6 Å². The number of nitrogens with zero attached hydrogens (tertiary/aromatic N) is 5. The van der Waals surface area contributed by atoms with Gasteiger partial charge in [-0.25, -0.2) is 4.98 Å². The van der Waals surface area contributed by atoms with Crippen LogP contribution in [0.15, 0.2) is 70.6 Å². The maximum absolute atomic E-state index is 12.9. The zero-order valence-corrected chi connectivity index (χ0v) is 21.8. The molecule has 2 aliphatic rings. The maximum atomic E-state index is 12.9. The van der Waals surface area contributed by atoms with Crippen molar-refractivity contribution in [2.24, 2.45) is 12.5 Å². The molecule has 1 aliphatic heterocycles. The summed E-state index contributed by atoms with van der Waals surface area (Å²) in [5.74, 6) is 2.73. The molecule has 1 saturated heterocycles. The minimum atomic E-state index is -4.28. The predicted octanol–water partition coefficient (Wildman–Crippen LogP) is 6.52. The summed E-state index contributed by atoms with van der Waals surface area (Å²) in [6.45, 7) is 3.10. The van der Waals surface area contributed by atoms with E-state index in [1.807, 2.05) is 35.9 Å². The first-order valence-electron chi connectivity index (χ1n) is 12.7. The highest BCUT2D eigenvalue weighted by molar-refractivity contribution is 7.99. The topological polar surface area (TPSA) is 60.0 Å². The molecule has 2 aromatic heterocycles. The van der Waals surface area contributed by atoms with Gasteiger partial charge in [0.05, 0.1) is 11.8 Å². The molecule has 0 radical (unpaired) electrons. The SMILES string of the molecule is Cn1c(SCCCN2CCC3(CC3c3ccc(C(F)(F)F)cc3)C2)nnc1-c1ccc(-c2ncco2)cc1. The number of rotatable bonds is 8. The molecular weight excluding hydrogens is 511 g/mol. The van der Waals surface area contributed by atoms with E-state index in [-0.39, 0.29) is 5.41 Å². The molecule has 2 atom stereocenters. The zero-order chi connectivity index (χ0) is 26.3. The van der Waals surface area contributed by atoms with Crippen LogP contribution in [-0.2, 0) is 13.2 Å². The molecule has 3 heterocycles. The third-order valence-corrected chi connectivity index (χ3v) is 8.91. The van der Waals surface area contributed by atoms with Crippen molar-refractivity contribution >= 4 is 11.8 Å². The van der Waals surface area contributed by atoms with E-state index in [4.69, 9.17) is 4.42 Å². The number of thioether (sulfide) groups is 1. The molecule has 1 saturated carbocycles. The van der Waals surface area contributed by atoms with Crippen LogP contribution in [0.5, 0.6) is 0 Å². The zero-order valence-electron chi connectivity index (χ0n) is 21.0. The number of oxazole rings is 1. The third kappa shape index (κ3) is 4.99. The smallest absolute Gasteiger partial charge is 0.416 e. The van der Waals surface area contributed by atoms with Gasteiger partial charge in [0.15, 0.2) is 11.0 Å². The van der Waals surface area contributed by atoms with Crippen LogP contribution in [-0.4, -0.2) is 50.0 Å². The Morgan fingerprint density at radius 3 is 2.53 bits per heavy atom. The van der Waals surface area contributed by atoms with Gasteiger partial charge in [0, 0.05) is 30.5 Å².